The summed E-state index contributed by atoms with van der Waals surface area (Å²) in [4.78, 5) is 62.6. The van der Waals surface area contributed by atoms with Crippen LogP contribution in [0.5, 0.6) is 11.5 Å². The first-order valence-electron chi connectivity index (χ1n) is 17.9. The van der Waals surface area contributed by atoms with E-state index in [1.165, 1.54) is 14.2 Å². The van der Waals surface area contributed by atoms with Gasteiger partial charge in [0.05, 0.1) is 41.0 Å². The highest BCUT2D eigenvalue weighted by molar-refractivity contribution is 6.33. The van der Waals surface area contributed by atoms with E-state index in [9.17, 15) is 32.7 Å². The number of imide groups is 2. The third-order valence-electron chi connectivity index (χ3n) is 11.7. The van der Waals surface area contributed by atoms with Gasteiger partial charge in [-0.15, -0.1) is 0 Å². The Hall–Kier alpha value is -5.89. The first-order valence-corrected chi connectivity index (χ1v) is 18.3. The maximum atomic E-state index is 15.3. The summed E-state index contributed by atoms with van der Waals surface area (Å²) in [6, 6.07) is 22.5. The zero-order valence-electron chi connectivity index (χ0n) is 30.3. The van der Waals surface area contributed by atoms with Gasteiger partial charge in [-0.3, -0.25) is 29.6 Å². The average molecular weight is 786 g/mol. The predicted octanol–water partition coefficient (Wildman–Crippen LogP) is 6.81. The van der Waals surface area contributed by atoms with Crippen LogP contribution in [0.4, 0.5) is 24.7 Å². The van der Waals surface area contributed by atoms with Crippen molar-refractivity contribution in [2.45, 2.75) is 37.3 Å². The maximum absolute atomic E-state index is 15.3. The summed E-state index contributed by atoms with van der Waals surface area (Å²) in [5.41, 5.74) is 2.90. The van der Waals surface area contributed by atoms with Gasteiger partial charge in [0.15, 0.2) is 17.3 Å². The minimum absolute atomic E-state index is 0.0272. The molecule has 11 nitrogen and oxygen atoms in total. The highest BCUT2D eigenvalue weighted by Crippen LogP contribution is 2.65. The lowest BCUT2D eigenvalue weighted by Gasteiger charge is -2.50. The van der Waals surface area contributed by atoms with Gasteiger partial charge in [-0.1, -0.05) is 83.4 Å². The molecule has 0 spiro atoms. The molecule has 56 heavy (non-hydrogen) atoms. The third-order valence-corrected chi connectivity index (χ3v) is 12.0. The molecule has 4 aromatic rings. The van der Waals surface area contributed by atoms with E-state index in [1.807, 2.05) is 19.1 Å². The standard InChI is InChI=1S/C41H35ClF3N5O6/c1-21-12-14-23(15-13-21)47-49-37(53)28-20-27-24(33(26-10-7-11-30(56-3)34(26)51)40(28,39(49)55)22-8-5-4-6-9-22)16-17-25-32(27)38(54)50(36(25)52)48(2)35-29(42)18-19-31(46-35)41(43,44)45/h4-16,18-19,25,27-28,32-33,47,51H,17,20H2,1-3H3/t25-,27+,28-,32-,33+,40+/m0/s1. The number of phenolic OH excluding ortho intramolecular Hbond substituents is 1. The molecule has 2 aliphatic carbocycles. The number of amides is 4. The molecule has 3 fully saturated rings. The molecule has 0 radical (unpaired) electrons. The number of aromatic hydroxyl groups is 1. The summed E-state index contributed by atoms with van der Waals surface area (Å²) >= 11 is 6.30. The zero-order chi connectivity index (χ0) is 39.8. The SMILES string of the molecule is COc1cccc([C@H]2C3=CC[C@@H]4C(=O)N(N(C)c5nc(C(F)(F)F)ccc5Cl)C(=O)[C@@H]4[C@@H]3C[C@H]3C(=O)N(Nc4ccc(C)cc4)C(=O)[C@@]23c2ccccc2)c1O. The number of phenols is 1. The number of alkyl halides is 3. The molecule has 3 heterocycles. The number of carbonyl (C=O) groups is 4. The summed E-state index contributed by atoms with van der Waals surface area (Å²) < 4.78 is 46.6. The van der Waals surface area contributed by atoms with Crippen molar-refractivity contribution in [3.63, 3.8) is 0 Å². The minimum Gasteiger partial charge on any atom is -0.504 e. The molecule has 4 aliphatic rings. The molecule has 8 rings (SSSR count). The highest BCUT2D eigenvalue weighted by atomic mass is 35.5. The number of allylic oxidation sites excluding steroid dienone is 2. The van der Waals surface area contributed by atoms with Gasteiger partial charge in [0, 0.05) is 18.5 Å². The van der Waals surface area contributed by atoms with Gasteiger partial charge < -0.3 is 9.84 Å². The lowest BCUT2D eigenvalue weighted by atomic mass is 9.49. The van der Waals surface area contributed by atoms with Crippen molar-refractivity contribution in [3.05, 3.63) is 124 Å². The summed E-state index contributed by atoms with van der Waals surface area (Å²) in [6.45, 7) is 1.90. The number of rotatable bonds is 7. The Balaban J connectivity index is 1.29. The van der Waals surface area contributed by atoms with E-state index in [4.69, 9.17) is 16.3 Å². The van der Waals surface area contributed by atoms with Gasteiger partial charge in [-0.25, -0.2) is 4.98 Å². The van der Waals surface area contributed by atoms with E-state index in [2.05, 4.69) is 10.4 Å². The lowest BCUT2D eigenvalue weighted by molar-refractivity contribution is -0.142. The summed E-state index contributed by atoms with van der Waals surface area (Å²) in [5.74, 6) is -8.14. The number of nitrogens with zero attached hydrogens (tertiary/aromatic N) is 4. The Labute approximate surface area is 324 Å². The van der Waals surface area contributed by atoms with Crippen LogP contribution in [0.1, 0.15) is 41.1 Å². The number of aromatic nitrogens is 1. The fourth-order valence-corrected chi connectivity index (χ4v) is 9.45. The molecule has 1 saturated carbocycles. The Morgan fingerprint density at radius 1 is 0.929 bits per heavy atom. The van der Waals surface area contributed by atoms with Crippen molar-refractivity contribution in [1.82, 2.24) is 15.0 Å². The number of hydrogen-bond donors (Lipinski definition) is 2. The van der Waals surface area contributed by atoms with Crippen molar-refractivity contribution in [1.29, 1.82) is 0 Å². The number of hydrogen-bond acceptors (Lipinski definition) is 9. The summed E-state index contributed by atoms with van der Waals surface area (Å²) in [5, 5.41) is 14.3. The molecule has 288 valence electrons. The molecule has 0 unspecified atom stereocenters. The molecule has 6 atom stereocenters. The second kappa shape index (κ2) is 13.4. The lowest BCUT2D eigenvalue weighted by Crippen LogP contribution is -2.53. The van der Waals surface area contributed by atoms with Crippen LogP contribution in [0.2, 0.25) is 5.02 Å². The van der Waals surface area contributed by atoms with E-state index in [0.717, 1.165) is 26.7 Å². The number of benzene rings is 3. The molecule has 4 amide bonds. The van der Waals surface area contributed by atoms with Gasteiger partial charge in [0.2, 0.25) is 0 Å². The van der Waals surface area contributed by atoms with E-state index in [0.29, 0.717) is 22.9 Å². The predicted molar refractivity (Wildman–Crippen MR) is 198 cm³/mol. The number of methoxy groups -OCH3 is 1. The van der Waals surface area contributed by atoms with Gasteiger partial charge in [-0.2, -0.15) is 23.2 Å². The topological polar surface area (TPSA) is 132 Å². The highest BCUT2D eigenvalue weighted by Gasteiger charge is 2.71. The van der Waals surface area contributed by atoms with Gasteiger partial charge in [0.1, 0.15) is 5.69 Å². The Morgan fingerprint density at radius 3 is 2.32 bits per heavy atom. The Kier molecular flexibility index (Phi) is 8.87. The number of pyridine rings is 1. The number of anilines is 2. The molecular formula is C41H35ClF3N5O6. The fraction of sp³-hybridized carbons (Fsp3) is 0.293. The number of aryl methyl sites for hydroxylation is 1. The third kappa shape index (κ3) is 5.44. The monoisotopic (exact) mass is 785 g/mol. The largest absolute Gasteiger partial charge is 0.504 e. The molecular weight excluding hydrogens is 751 g/mol. The molecule has 0 bridgehead atoms. The van der Waals surface area contributed by atoms with Crippen LogP contribution < -0.4 is 15.2 Å². The van der Waals surface area contributed by atoms with E-state index >= 15 is 4.79 Å². The second-order valence-electron chi connectivity index (χ2n) is 14.5. The normalized spacial score (nSPS) is 25.8. The van der Waals surface area contributed by atoms with E-state index in [1.54, 1.807) is 66.7 Å². The van der Waals surface area contributed by atoms with Crippen LogP contribution in [0.25, 0.3) is 0 Å². The van der Waals surface area contributed by atoms with Gasteiger partial charge in [-0.05, 0) is 61.6 Å². The second-order valence-corrected chi connectivity index (χ2v) is 14.9. The van der Waals surface area contributed by atoms with E-state index < -0.39 is 76.3 Å². The van der Waals surface area contributed by atoms with Gasteiger partial charge >= 0.3 is 6.18 Å². The molecule has 15 heteroatoms. The summed E-state index contributed by atoms with van der Waals surface area (Å²) in [6.07, 6.45) is -3.04. The van der Waals surface area contributed by atoms with Crippen molar-refractivity contribution < 1.29 is 42.2 Å². The smallest absolute Gasteiger partial charge is 0.433 e. The van der Waals surface area contributed by atoms with Crippen LogP contribution in [-0.2, 0) is 30.8 Å². The first kappa shape index (κ1) is 37.1. The quantitative estimate of drug-likeness (QED) is 0.153. The van der Waals surface area contributed by atoms with Gasteiger partial charge in [0.25, 0.3) is 23.6 Å². The number of ether oxygens (including phenoxy) is 1. The molecule has 2 aliphatic heterocycles. The maximum Gasteiger partial charge on any atom is 0.433 e. The number of nitrogens with one attached hydrogen (secondary N) is 1. The molecule has 3 aromatic carbocycles. The number of carbonyl (C=O) groups excluding carboxylic acids is 4. The van der Waals surface area contributed by atoms with Crippen LogP contribution in [0.15, 0.2) is 96.6 Å². The molecule has 2 N–H and O–H groups in total. The fourth-order valence-electron chi connectivity index (χ4n) is 9.22. The van der Waals surface area contributed by atoms with Crippen LogP contribution in [0, 0.1) is 30.6 Å². The van der Waals surface area contributed by atoms with Crippen molar-refractivity contribution in [2.24, 2.45) is 23.7 Å². The first-order chi connectivity index (χ1) is 26.7. The van der Waals surface area contributed by atoms with Crippen LogP contribution >= 0.6 is 11.6 Å². The molecule has 1 aromatic heterocycles. The molecule has 2 saturated heterocycles. The Morgan fingerprint density at radius 2 is 1.64 bits per heavy atom. The van der Waals surface area contributed by atoms with Crippen LogP contribution in [-0.4, -0.2) is 57.9 Å². The summed E-state index contributed by atoms with van der Waals surface area (Å²) in [7, 11) is 2.63. The Bertz CT molecular complexity index is 2320. The van der Waals surface area contributed by atoms with Crippen LogP contribution in [0.3, 0.4) is 0 Å². The number of hydrazine groups is 2. The minimum atomic E-state index is -4.83. The number of halogens is 4. The van der Waals surface area contributed by atoms with Crippen molar-refractivity contribution in [2.75, 3.05) is 24.6 Å². The zero-order valence-corrected chi connectivity index (χ0v) is 31.0. The van der Waals surface area contributed by atoms with Crippen molar-refractivity contribution >= 4 is 46.7 Å². The van der Waals surface area contributed by atoms with Crippen molar-refractivity contribution in [3.8, 4) is 11.5 Å². The van der Waals surface area contributed by atoms with E-state index in [-0.39, 0.29) is 34.9 Å². The number of para-hydroxylation sites is 1. The average Bonchev–Trinajstić information content (AvgIpc) is 3.56. The number of fused-ring (bicyclic) bond motifs is 4.